The quantitative estimate of drug-likeness (QED) is 0.507. The van der Waals surface area contributed by atoms with Crippen LogP contribution in [0.4, 0.5) is 0 Å². The molecule has 1 atom stereocenters. The van der Waals surface area contributed by atoms with Crippen LogP contribution in [0.3, 0.4) is 0 Å². The van der Waals surface area contributed by atoms with Gasteiger partial charge in [-0.3, -0.25) is 0 Å². The van der Waals surface area contributed by atoms with Crippen molar-refractivity contribution < 1.29 is 0 Å². The van der Waals surface area contributed by atoms with Crippen molar-refractivity contribution in [3.63, 3.8) is 0 Å². The number of hydrogen-bond acceptors (Lipinski definition) is 0. The van der Waals surface area contributed by atoms with Gasteiger partial charge in [-0.15, -0.1) is 0 Å². The van der Waals surface area contributed by atoms with Crippen LogP contribution in [0.5, 0.6) is 0 Å². The fourth-order valence-corrected chi connectivity index (χ4v) is 9.39. The van der Waals surface area contributed by atoms with Gasteiger partial charge in [0.25, 0.3) is 0 Å². The molecule has 0 spiro atoms. The molecule has 3 aromatic carbocycles. The SMILES string of the molecule is [AsH2][PH](c1ccccc1)(c1ccccc1)c1ccccc1. The second-order valence-electron chi connectivity index (χ2n) is 4.91. The van der Waals surface area contributed by atoms with Crippen LogP contribution in [-0.4, -0.2) is 16.4 Å². The van der Waals surface area contributed by atoms with E-state index in [-0.39, 0.29) is 0 Å². The van der Waals surface area contributed by atoms with Gasteiger partial charge in [0.1, 0.15) is 0 Å². The van der Waals surface area contributed by atoms with Gasteiger partial charge in [-0.05, 0) is 0 Å². The maximum atomic E-state index is 2.29. The molecule has 0 nitrogen and oxygen atoms in total. The molecule has 0 radical (unpaired) electrons. The van der Waals surface area contributed by atoms with Crippen LogP contribution in [-0.2, 0) is 0 Å². The van der Waals surface area contributed by atoms with Crippen LogP contribution >= 0.6 is 5.82 Å². The van der Waals surface area contributed by atoms with Gasteiger partial charge >= 0.3 is 129 Å². The molecule has 1 unspecified atom stereocenters. The average molecular weight is 340 g/mol. The van der Waals surface area contributed by atoms with Crippen molar-refractivity contribution in [3.05, 3.63) is 91.0 Å². The average Bonchev–Trinajstić information content (AvgIpc) is 2.56. The Labute approximate surface area is 129 Å². The second kappa shape index (κ2) is 5.96. The summed E-state index contributed by atoms with van der Waals surface area (Å²) in [6.45, 7) is 0. The van der Waals surface area contributed by atoms with E-state index in [0.717, 1.165) is 0 Å². The molecule has 0 aliphatic heterocycles. The zero-order chi connectivity index (χ0) is 13.8. The molecule has 20 heavy (non-hydrogen) atoms. The summed E-state index contributed by atoms with van der Waals surface area (Å²) in [4.78, 5) is 0. The number of hydrogen-bond donors (Lipinski definition) is 0. The van der Waals surface area contributed by atoms with Gasteiger partial charge in [0, 0.05) is 0 Å². The molecule has 3 rings (SSSR count). The molecule has 0 fully saturated rings. The van der Waals surface area contributed by atoms with Gasteiger partial charge in [0.05, 0.1) is 0 Å². The van der Waals surface area contributed by atoms with E-state index in [1.54, 1.807) is 0 Å². The Kier molecular flexibility index (Phi) is 4.06. The van der Waals surface area contributed by atoms with Gasteiger partial charge in [-0.2, -0.15) is 0 Å². The molecule has 0 aliphatic carbocycles. The Balaban J connectivity index is 2.24. The maximum absolute atomic E-state index is 2.29. The van der Waals surface area contributed by atoms with E-state index < -0.39 is 5.82 Å². The first-order chi connectivity index (χ1) is 9.82. The topological polar surface area (TPSA) is 0 Å². The van der Waals surface area contributed by atoms with Crippen LogP contribution < -0.4 is 15.9 Å². The van der Waals surface area contributed by atoms with Crippen molar-refractivity contribution >= 4 is 38.1 Å². The molecule has 100 valence electrons. The molecule has 0 bridgehead atoms. The summed E-state index contributed by atoms with van der Waals surface area (Å²) in [5.74, 6) is -1.82. The van der Waals surface area contributed by atoms with Gasteiger partial charge in [0.2, 0.25) is 0 Å². The van der Waals surface area contributed by atoms with E-state index >= 15 is 0 Å². The first-order valence-electron chi connectivity index (χ1n) is 6.77. The third kappa shape index (κ3) is 2.47. The molecular weight excluding hydrogens is 322 g/mol. The van der Waals surface area contributed by atoms with Gasteiger partial charge in [-0.25, -0.2) is 0 Å². The van der Waals surface area contributed by atoms with Gasteiger partial charge < -0.3 is 0 Å². The van der Waals surface area contributed by atoms with Crippen LogP contribution in [0.2, 0.25) is 0 Å². The monoisotopic (exact) mass is 340 g/mol. The van der Waals surface area contributed by atoms with Crippen LogP contribution in [0.15, 0.2) is 91.0 Å². The van der Waals surface area contributed by atoms with Crippen molar-refractivity contribution in [2.75, 3.05) is 0 Å². The molecular formula is C18H18AsP. The van der Waals surface area contributed by atoms with Crippen molar-refractivity contribution in [1.29, 1.82) is 0 Å². The van der Waals surface area contributed by atoms with Crippen molar-refractivity contribution in [2.45, 2.75) is 0 Å². The Morgan fingerprint density at radius 2 is 0.700 bits per heavy atom. The third-order valence-corrected chi connectivity index (χ3v) is 13.7. The van der Waals surface area contributed by atoms with E-state index in [4.69, 9.17) is 0 Å². The summed E-state index contributed by atoms with van der Waals surface area (Å²) in [7, 11) is 0. The van der Waals surface area contributed by atoms with E-state index in [9.17, 15) is 0 Å². The molecule has 0 heterocycles. The van der Waals surface area contributed by atoms with E-state index in [2.05, 4.69) is 91.0 Å². The van der Waals surface area contributed by atoms with Crippen LogP contribution in [0.25, 0.3) is 0 Å². The molecule has 0 saturated carbocycles. The summed E-state index contributed by atoms with van der Waals surface area (Å²) < 4.78 is 0. The summed E-state index contributed by atoms with van der Waals surface area (Å²) in [5, 5.41) is 4.45. The van der Waals surface area contributed by atoms with Crippen molar-refractivity contribution in [1.82, 2.24) is 0 Å². The van der Waals surface area contributed by atoms with Crippen LogP contribution in [0, 0.1) is 0 Å². The molecule has 2 heteroatoms. The minimum atomic E-state index is -1.82. The van der Waals surface area contributed by atoms with E-state index in [1.165, 1.54) is 15.9 Å². The second-order valence-corrected chi connectivity index (χ2v) is 13.7. The Hall–Kier alpha value is -1.35. The zero-order valence-electron chi connectivity index (χ0n) is 11.2. The third-order valence-electron chi connectivity index (χ3n) is 3.69. The normalized spacial score (nSPS) is 12.1. The number of benzene rings is 3. The Morgan fingerprint density at radius 3 is 0.950 bits per heavy atom. The number of rotatable bonds is 3. The van der Waals surface area contributed by atoms with Gasteiger partial charge in [0.15, 0.2) is 0 Å². The molecule has 0 aliphatic rings. The zero-order valence-corrected chi connectivity index (χ0v) is 14.7. The predicted octanol–water partition coefficient (Wildman–Crippen LogP) is 2.26. The van der Waals surface area contributed by atoms with Gasteiger partial charge in [-0.1, -0.05) is 0 Å². The summed E-state index contributed by atoms with van der Waals surface area (Å²) in [6.07, 6.45) is 0. The first-order valence-corrected chi connectivity index (χ1v) is 12.5. The molecule has 0 saturated heterocycles. The minimum absolute atomic E-state index is 1.48. The summed E-state index contributed by atoms with van der Waals surface area (Å²) >= 11 is 1.87. The molecule has 3 aromatic rings. The predicted molar refractivity (Wildman–Crippen MR) is 95.1 cm³/mol. The fraction of sp³-hybridized carbons (Fsp3) is 0. The standard InChI is InChI=1S/C18H18AsP/c19-20(16-10-4-1-5-11-16,17-12-6-2-7-13-17)18-14-8-3-9-15-18/h1-15,20H,19H2. The Morgan fingerprint density at radius 1 is 0.450 bits per heavy atom. The first kappa shape index (κ1) is 13.6. The Bertz CT molecular complexity index is 569. The molecule has 0 amide bonds. The van der Waals surface area contributed by atoms with E-state index in [0.29, 0.717) is 0 Å². The summed E-state index contributed by atoms with van der Waals surface area (Å²) in [5.41, 5.74) is 0. The van der Waals surface area contributed by atoms with Crippen molar-refractivity contribution in [2.24, 2.45) is 0 Å². The molecule has 0 aromatic heterocycles. The van der Waals surface area contributed by atoms with Crippen molar-refractivity contribution in [3.8, 4) is 0 Å². The fourth-order valence-electron chi connectivity index (χ4n) is 2.60. The summed E-state index contributed by atoms with van der Waals surface area (Å²) in [6, 6.07) is 32.9. The van der Waals surface area contributed by atoms with Crippen LogP contribution in [0.1, 0.15) is 0 Å². The molecule has 0 N–H and O–H groups in total. The van der Waals surface area contributed by atoms with E-state index in [1.807, 2.05) is 16.4 Å².